The van der Waals surface area contributed by atoms with Gasteiger partial charge >= 0.3 is 0 Å². The van der Waals surface area contributed by atoms with E-state index in [1.54, 1.807) is 33.8 Å². The molecule has 3 rings (SSSR count). The van der Waals surface area contributed by atoms with Gasteiger partial charge in [0, 0.05) is 17.2 Å². The Morgan fingerprint density at radius 1 is 1.03 bits per heavy atom. The smallest absolute Gasteiger partial charge is 0.174 e. The second-order valence-electron chi connectivity index (χ2n) is 11.9. The van der Waals surface area contributed by atoms with Crippen molar-refractivity contribution in [2.75, 3.05) is 0 Å². The first-order valence-corrected chi connectivity index (χ1v) is 13.3. The van der Waals surface area contributed by atoms with Crippen molar-refractivity contribution < 1.29 is 35.1 Å². The minimum Gasteiger partial charge on any atom is -0.507 e. The van der Waals surface area contributed by atoms with Gasteiger partial charge in [-0.1, -0.05) is 23.8 Å². The van der Waals surface area contributed by atoms with Crippen molar-refractivity contribution in [3.63, 3.8) is 0 Å². The molecule has 0 aromatic heterocycles. The first-order chi connectivity index (χ1) is 17.6. The normalized spacial score (nSPS) is 16.4. The number of phenols is 3. The summed E-state index contributed by atoms with van der Waals surface area (Å²) in [7, 11) is 0. The maximum atomic E-state index is 13.2. The van der Waals surface area contributed by atoms with Crippen LogP contribution in [0.4, 0.5) is 0 Å². The standard InChI is InChI=1S/C31H42O7/c1-18(8-7-14-30(3,4)36)9-11-21-20(12-10-19(2)28(21)34)25-17-24(33)27-26(38-25)16-23(32)22(29(27)35)13-15-31(5,6)37/h9-10,12,16,25,32,34-37H,7-8,11,13-15,17H2,1-6H3/b18-9+/t25-/m0/s1. The van der Waals surface area contributed by atoms with Crippen molar-refractivity contribution in [2.24, 2.45) is 0 Å². The molecule has 7 nitrogen and oxygen atoms in total. The van der Waals surface area contributed by atoms with Gasteiger partial charge in [0.2, 0.25) is 0 Å². The number of aromatic hydroxyl groups is 3. The summed E-state index contributed by atoms with van der Waals surface area (Å²) in [4.78, 5) is 13.2. The fourth-order valence-corrected chi connectivity index (χ4v) is 4.81. The third-order valence-electron chi connectivity index (χ3n) is 7.13. The fourth-order valence-electron chi connectivity index (χ4n) is 4.81. The van der Waals surface area contributed by atoms with E-state index in [0.717, 1.165) is 18.4 Å². The van der Waals surface area contributed by atoms with Crippen LogP contribution in [-0.4, -0.2) is 42.5 Å². The summed E-state index contributed by atoms with van der Waals surface area (Å²) in [5.41, 5.74) is 1.74. The number of fused-ring (bicyclic) bond motifs is 1. The van der Waals surface area contributed by atoms with Crippen LogP contribution in [0.2, 0.25) is 0 Å². The number of hydrogen-bond donors (Lipinski definition) is 5. The highest BCUT2D eigenvalue weighted by Crippen LogP contribution is 2.46. The lowest BCUT2D eigenvalue weighted by atomic mass is 9.88. The Labute approximate surface area is 225 Å². The van der Waals surface area contributed by atoms with E-state index in [1.807, 2.05) is 26.0 Å². The summed E-state index contributed by atoms with van der Waals surface area (Å²) < 4.78 is 6.15. The molecule has 2 aromatic carbocycles. The largest absolute Gasteiger partial charge is 0.507 e. The molecule has 1 atom stereocenters. The van der Waals surface area contributed by atoms with E-state index in [4.69, 9.17) is 4.74 Å². The Morgan fingerprint density at radius 3 is 2.32 bits per heavy atom. The van der Waals surface area contributed by atoms with Crippen LogP contribution in [-0.2, 0) is 12.8 Å². The number of carbonyl (C=O) groups excluding carboxylic acids is 1. The van der Waals surface area contributed by atoms with Crippen LogP contribution in [0.1, 0.15) is 105 Å². The average molecular weight is 527 g/mol. The molecule has 1 aliphatic rings. The third kappa shape index (κ3) is 7.29. The number of Topliss-reactive ketones (excluding diaryl/α,β-unsaturated/α-hetero) is 1. The Hall–Kier alpha value is -3.03. The molecule has 0 saturated heterocycles. The predicted molar refractivity (Wildman–Crippen MR) is 147 cm³/mol. The Morgan fingerprint density at radius 2 is 1.68 bits per heavy atom. The lowest BCUT2D eigenvalue weighted by molar-refractivity contribution is 0.0687. The van der Waals surface area contributed by atoms with Crippen LogP contribution in [0.3, 0.4) is 0 Å². The van der Waals surface area contributed by atoms with Gasteiger partial charge in [-0.15, -0.1) is 0 Å². The van der Waals surface area contributed by atoms with Gasteiger partial charge < -0.3 is 30.3 Å². The van der Waals surface area contributed by atoms with Gasteiger partial charge in [-0.05, 0) is 91.2 Å². The summed E-state index contributed by atoms with van der Waals surface area (Å²) >= 11 is 0. The number of aliphatic hydroxyl groups is 2. The van der Waals surface area contributed by atoms with Crippen molar-refractivity contribution in [2.45, 2.75) is 104 Å². The number of phenolic OH excluding ortho intramolecular Hbond substituents is 3. The molecule has 1 aliphatic heterocycles. The summed E-state index contributed by atoms with van der Waals surface area (Å²) in [6, 6.07) is 4.98. The minimum atomic E-state index is -0.994. The number of benzene rings is 2. The van der Waals surface area contributed by atoms with Crippen molar-refractivity contribution in [3.05, 3.63) is 57.7 Å². The first kappa shape index (κ1) is 29.5. The van der Waals surface area contributed by atoms with E-state index in [9.17, 15) is 30.3 Å². The highest BCUT2D eigenvalue weighted by molar-refractivity contribution is 6.03. The van der Waals surface area contributed by atoms with Crippen molar-refractivity contribution >= 4 is 5.78 Å². The van der Waals surface area contributed by atoms with Crippen LogP contribution in [0.25, 0.3) is 0 Å². The third-order valence-corrected chi connectivity index (χ3v) is 7.13. The number of carbonyl (C=O) groups is 1. The zero-order chi connectivity index (χ0) is 28.4. The maximum Gasteiger partial charge on any atom is 0.174 e. The van der Waals surface area contributed by atoms with E-state index in [1.165, 1.54) is 6.07 Å². The second-order valence-corrected chi connectivity index (χ2v) is 11.9. The topological polar surface area (TPSA) is 127 Å². The Bertz CT molecular complexity index is 1210. The number of ether oxygens (including phenoxy) is 1. The molecule has 0 saturated carbocycles. The minimum absolute atomic E-state index is 0.0277. The van der Waals surface area contributed by atoms with E-state index >= 15 is 0 Å². The highest BCUT2D eigenvalue weighted by atomic mass is 16.5. The Kier molecular flexibility index (Phi) is 8.84. The molecule has 0 bridgehead atoms. The molecule has 0 radical (unpaired) electrons. The molecule has 7 heteroatoms. The molecule has 0 aliphatic carbocycles. The monoisotopic (exact) mass is 526 g/mol. The van der Waals surface area contributed by atoms with E-state index in [0.29, 0.717) is 36.0 Å². The predicted octanol–water partition coefficient (Wildman–Crippen LogP) is 5.95. The number of allylic oxidation sites excluding steroid dienone is 2. The van der Waals surface area contributed by atoms with E-state index in [-0.39, 0.29) is 52.7 Å². The van der Waals surface area contributed by atoms with Gasteiger partial charge in [0.15, 0.2) is 5.78 Å². The number of aryl methyl sites for hydroxylation is 1. The zero-order valence-electron chi connectivity index (χ0n) is 23.4. The second kappa shape index (κ2) is 11.4. The van der Waals surface area contributed by atoms with E-state index in [2.05, 4.69) is 0 Å². The lowest BCUT2D eigenvalue weighted by Gasteiger charge is -2.29. The molecular weight excluding hydrogens is 484 g/mol. The van der Waals surface area contributed by atoms with Gasteiger partial charge in [-0.3, -0.25) is 4.79 Å². The highest BCUT2D eigenvalue weighted by Gasteiger charge is 2.34. The SMILES string of the molecule is C/C(=C\Cc1c([C@@H]2CC(=O)c3c(cc(O)c(CCC(C)(C)O)c3O)O2)ccc(C)c1O)CCCC(C)(C)O. The van der Waals surface area contributed by atoms with Gasteiger partial charge in [-0.2, -0.15) is 0 Å². The summed E-state index contributed by atoms with van der Waals surface area (Å²) in [5.74, 6) is -0.586. The first-order valence-electron chi connectivity index (χ1n) is 13.3. The van der Waals surface area contributed by atoms with Crippen LogP contribution in [0.15, 0.2) is 29.8 Å². The molecule has 38 heavy (non-hydrogen) atoms. The van der Waals surface area contributed by atoms with Crippen LogP contribution in [0.5, 0.6) is 23.0 Å². The van der Waals surface area contributed by atoms with Gasteiger partial charge in [-0.25, -0.2) is 0 Å². The Balaban J connectivity index is 1.88. The molecule has 0 amide bonds. The van der Waals surface area contributed by atoms with Gasteiger partial charge in [0.1, 0.15) is 34.7 Å². The molecule has 0 fully saturated rings. The quantitative estimate of drug-likeness (QED) is 0.242. The molecule has 5 N–H and O–H groups in total. The van der Waals surface area contributed by atoms with Gasteiger partial charge in [0.05, 0.1) is 17.6 Å². The molecule has 2 aromatic rings. The number of ketones is 1. The molecule has 0 spiro atoms. The van der Waals surface area contributed by atoms with Crippen LogP contribution in [0, 0.1) is 6.92 Å². The zero-order valence-corrected chi connectivity index (χ0v) is 23.4. The van der Waals surface area contributed by atoms with Crippen molar-refractivity contribution in [3.8, 4) is 23.0 Å². The maximum absolute atomic E-state index is 13.2. The molecular formula is C31H42O7. The number of hydrogen-bond acceptors (Lipinski definition) is 7. The molecule has 1 heterocycles. The average Bonchev–Trinajstić information content (AvgIpc) is 2.77. The number of rotatable bonds is 10. The van der Waals surface area contributed by atoms with Gasteiger partial charge in [0.25, 0.3) is 0 Å². The lowest BCUT2D eigenvalue weighted by Crippen LogP contribution is -2.22. The summed E-state index contributed by atoms with van der Waals surface area (Å²) in [6.45, 7) is 10.7. The molecule has 0 unspecified atom stereocenters. The fraction of sp³-hybridized carbons (Fsp3) is 0.516. The van der Waals surface area contributed by atoms with Crippen LogP contribution < -0.4 is 4.74 Å². The van der Waals surface area contributed by atoms with Crippen molar-refractivity contribution in [1.29, 1.82) is 0 Å². The molecule has 208 valence electrons. The summed E-state index contributed by atoms with van der Waals surface area (Å²) in [6.07, 6.45) is 4.63. The van der Waals surface area contributed by atoms with Crippen molar-refractivity contribution in [1.82, 2.24) is 0 Å². The van der Waals surface area contributed by atoms with Crippen LogP contribution >= 0.6 is 0 Å². The van der Waals surface area contributed by atoms with E-state index < -0.39 is 17.3 Å². The summed E-state index contributed by atoms with van der Waals surface area (Å²) in [5, 5.41) is 52.3.